The molecule has 1 aromatic rings. The van der Waals surface area contributed by atoms with Crippen LogP contribution in [0.15, 0.2) is 18.2 Å². The normalized spacial score (nSPS) is 27.8. The van der Waals surface area contributed by atoms with Gasteiger partial charge in [-0.2, -0.15) is 0 Å². The molecule has 0 aliphatic heterocycles. The highest BCUT2D eigenvalue weighted by Gasteiger charge is 2.73. The SMILES string of the molecule is Cc1ccc(C(C)C)c(OC(=O)C23CCC(C(=O)C2=O)C3(C)C)c1. The molecule has 0 spiro atoms. The first-order valence-electron chi connectivity index (χ1n) is 8.54. The average molecular weight is 328 g/mol. The van der Waals surface area contributed by atoms with Gasteiger partial charge in [0, 0.05) is 5.92 Å². The van der Waals surface area contributed by atoms with Crippen LogP contribution in [0.5, 0.6) is 5.75 Å². The van der Waals surface area contributed by atoms with Crippen molar-refractivity contribution in [1.29, 1.82) is 0 Å². The van der Waals surface area contributed by atoms with Gasteiger partial charge in [-0.05, 0) is 48.3 Å². The summed E-state index contributed by atoms with van der Waals surface area (Å²) in [6.07, 6.45) is 0.981. The fourth-order valence-corrected chi connectivity index (χ4v) is 4.43. The molecule has 0 heterocycles. The van der Waals surface area contributed by atoms with Crippen molar-refractivity contribution in [1.82, 2.24) is 0 Å². The molecule has 4 nitrogen and oxygen atoms in total. The van der Waals surface area contributed by atoms with Gasteiger partial charge < -0.3 is 4.74 Å². The molecule has 2 fully saturated rings. The number of aryl methyl sites for hydroxylation is 1. The van der Waals surface area contributed by atoms with E-state index in [0.29, 0.717) is 18.6 Å². The molecular formula is C20H24O4. The Hall–Kier alpha value is -1.97. The van der Waals surface area contributed by atoms with E-state index in [1.165, 1.54) is 0 Å². The molecule has 2 bridgehead atoms. The zero-order chi connectivity index (χ0) is 17.9. The largest absolute Gasteiger partial charge is 0.425 e. The summed E-state index contributed by atoms with van der Waals surface area (Å²) in [5.41, 5.74) is -0.0983. The maximum Gasteiger partial charge on any atom is 0.326 e. The van der Waals surface area contributed by atoms with Gasteiger partial charge in [0.05, 0.1) is 0 Å². The second kappa shape index (κ2) is 5.27. The van der Waals surface area contributed by atoms with Crippen molar-refractivity contribution in [2.75, 3.05) is 0 Å². The number of esters is 1. The maximum absolute atomic E-state index is 13.1. The number of ether oxygens (including phenoxy) is 1. The minimum absolute atomic E-state index is 0.191. The van der Waals surface area contributed by atoms with E-state index >= 15 is 0 Å². The Kier molecular flexibility index (Phi) is 3.70. The predicted octanol–water partition coefficient (Wildman–Crippen LogP) is 3.60. The number of ketones is 2. The van der Waals surface area contributed by atoms with Crippen LogP contribution in [-0.2, 0) is 14.4 Å². The van der Waals surface area contributed by atoms with Gasteiger partial charge in [0.2, 0.25) is 11.6 Å². The highest BCUT2D eigenvalue weighted by atomic mass is 16.5. The van der Waals surface area contributed by atoms with Crippen LogP contribution in [0.25, 0.3) is 0 Å². The average Bonchev–Trinajstić information content (AvgIpc) is 2.83. The van der Waals surface area contributed by atoms with Crippen LogP contribution < -0.4 is 4.74 Å². The summed E-state index contributed by atoms with van der Waals surface area (Å²) in [4.78, 5) is 37.8. The van der Waals surface area contributed by atoms with Crippen molar-refractivity contribution >= 4 is 17.5 Å². The Morgan fingerprint density at radius 1 is 1.25 bits per heavy atom. The number of hydrogen-bond donors (Lipinski definition) is 0. The minimum Gasteiger partial charge on any atom is -0.425 e. The summed E-state index contributed by atoms with van der Waals surface area (Å²) in [7, 11) is 0. The molecule has 0 amide bonds. The molecule has 2 saturated carbocycles. The van der Waals surface area contributed by atoms with Crippen LogP contribution in [0.2, 0.25) is 0 Å². The number of benzene rings is 1. The smallest absolute Gasteiger partial charge is 0.326 e. The number of hydrogen-bond acceptors (Lipinski definition) is 4. The Bertz CT molecular complexity index is 744. The van der Waals surface area contributed by atoms with Gasteiger partial charge in [0.25, 0.3) is 0 Å². The molecule has 24 heavy (non-hydrogen) atoms. The summed E-state index contributed by atoms with van der Waals surface area (Å²) in [5, 5.41) is 0. The molecule has 2 atom stereocenters. The summed E-state index contributed by atoms with van der Waals surface area (Å²) in [6.45, 7) is 9.67. The lowest BCUT2D eigenvalue weighted by atomic mass is 9.69. The van der Waals surface area contributed by atoms with E-state index in [1.54, 1.807) is 0 Å². The number of carbonyl (C=O) groups excluding carboxylic acids is 3. The van der Waals surface area contributed by atoms with E-state index in [4.69, 9.17) is 4.74 Å². The van der Waals surface area contributed by atoms with Crippen molar-refractivity contribution in [3.63, 3.8) is 0 Å². The van der Waals surface area contributed by atoms with Gasteiger partial charge in [-0.1, -0.05) is 39.8 Å². The summed E-state index contributed by atoms with van der Waals surface area (Å²) < 4.78 is 5.73. The second-order valence-corrected chi connectivity index (χ2v) is 8.00. The van der Waals surface area contributed by atoms with Gasteiger partial charge in [-0.3, -0.25) is 14.4 Å². The van der Waals surface area contributed by atoms with Crippen molar-refractivity contribution in [2.45, 2.75) is 53.4 Å². The standard InChI is InChI=1S/C20H24O4/c1-11(2)13-7-6-12(3)10-15(13)24-18(23)20-9-8-14(19(20,4)5)16(21)17(20)22/h6-7,10-11,14H,8-9H2,1-5H3. The van der Waals surface area contributed by atoms with Gasteiger partial charge in [0.15, 0.2) is 0 Å². The molecular weight excluding hydrogens is 304 g/mol. The van der Waals surface area contributed by atoms with Crippen molar-refractivity contribution < 1.29 is 19.1 Å². The number of rotatable bonds is 3. The molecule has 3 rings (SSSR count). The summed E-state index contributed by atoms with van der Waals surface area (Å²) in [6, 6.07) is 5.75. The van der Waals surface area contributed by atoms with Crippen LogP contribution >= 0.6 is 0 Å². The summed E-state index contributed by atoms with van der Waals surface area (Å²) in [5.74, 6) is -1.21. The third-order valence-electron chi connectivity index (χ3n) is 6.05. The molecule has 0 aromatic heterocycles. The fraction of sp³-hybridized carbons (Fsp3) is 0.550. The van der Waals surface area contributed by atoms with Gasteiger partial charge in [-0.15, -0.1) is 0 Å². The zero-order valence-electron chi connectivity index (χ0n) is 14.9. The Balaban J connectivity index is 2.01. The fourth-order valence-electron chi connectivity index (χ4n) is 4.43. The quantitative estimate of drug-likeness (QED) is 0.368. The monoisotopic (exact) mass is 328 g/mol. The predicted molar refractivity (Wildman–Crippen MR) is 89.9 cm³/mol. The van der Waals surface area contributed by atoms with E-state index in [2.05, 4.69) is 0 Å². The maximum atomic E-state index is 13.1. The first kappa shape index (κ1) is 16.9. The van der Waals surface area contributed by atoms with E-state index in [-0.39, 0.29) is 11.8 Å². The molecule has 128 valence electrons. The van der Waals surface area contributed by atoms with E-state index in [0.717, 1.165) is 11.1 Å². The number of fused-ring (bicyclic) bond motifs is 2. The van der Waals surface area contributed by atoms with Crippen LogP contribution in [0.4, 0.5) is 0 Å². The van der Waals surface area contributed by atoms with Crippen molar-refractivity contribution in [3.05, 3.63) is 29.3 Å². The lowest BCUT2D eigenvalue weighted by Crippen LogP contribution is -2.46. The van der Waals surface area contributed by atoms with E-state index < -0.39 is 28.4 Å². The topological polar surface area (TPSA) is 60.4 Å². The third kappa shape index (κ3) is 2.01. The molecule has 1 aromatic carbocycles. The van der Waals surface area contributed by atoms with Crippen LogP contribution in [0.3, 0.4) is 0 Å². The highest BCUT2D eigenvalue weighted by molar-refractivity contribution is 6.47. The molecule has 2 aliphatic rings. The number of Topliss-reactive ketones (excluding diaryl/α,β-unsaturated/α-hetero) is 2. The Labute approximate surface area is 142 Å². The summed E-state index contributed by atoms with van der Waals surface area (Å²) >= 11 is 0. The minimum atomic E-state index is -1.33. The molecule has 4 heteroatoms. The lowest BCUT2D eigenvalue weighted by Gasteiger charge is -2.33. The van der Waals surface area contributed by atoms with Crippen LogP contribution in [-0.4, -0.2) is 17.5 Å². The van der Waals surface area contributed by atoms with E-state index in [9.17, 15) is 14.4 Å². The molecule has 0 radical (unpaired) electrons. The number of carbonyl (C=O) groups is 3. The lowest BCUT2D eigenvalue weighted by molar-refractivity contribution is -0.157. The van der Waals surface area contributed by atoms with Crippen molar-refractivity contribution in [3.8, 4) is 5.75 Å². The first-order valence-corrected chi connectivity index (χ1v) is 8.54. The van der Waals surface area contributed by atoms with Gasteiger partial charge >= 0.3 is 5.97 Å². The van der Waals surface area contributed by atoms with Crippen molar-refractivity contribution in [2.24, 2.45) is 16.7 Å². The third-order valence-corrected chi connectivity index (χ3v) is 6.05. The van der Waals surface area contributed by atoms with Gasteiger partial charge in [0.1, 0.15) is 11.2 Å². The first-order chi connectivity index (χ1) is 11.1. The molecule has 2 unspecified atom stereocenters. The Morgan fingerprint density at radius 3 is 2.46 bits per heavy atom. The Morgan fingerprint density at radius 2 is 1.92 bits per heavy atom. The molecule has 2 aliphatic carbocycles. The van der Waals surface area contributed by atoms with Crippen LogP contribution in [0.1, 0.15) is 57.6 Å². The molecule has 0 N–H and O–H groups in total. The highest BCUT2D eigenvalue weighted by Crippen LogP contribution is 2.62. The van der Waals surface area contributed by atoms with Crippen LogP contribution in [0, 0.1) is 23.7 Å². The second-order valence-electron chi connectivity index (χ2n) is 8.00. The van der Waals surface area contributed by atoms with Gasteiger partial charge in [-0.25, -0.2) is 0 Å². The zero-order valence-corrected chi connectivity index (χ0v) is 14.9. The van der Waals surface area contributed by atoms with E-state index in [1.807, 2.05) is 52.8 Å². The molecule has 0 saturated heterocycles.